The lowest BCUT2D eigenvalue weighted by Gasteiger charge is -1.95. The van der Waals surface area contributed by atoms with Gasteiger partial charge in [0.1, 0.15) is 0 Å². The van der Waals surface area contributed by atoms with Gasteiger partial charge in [-0.15, -0.1) is 11.3 Å². The average molecular weight is 175 g/mol. The molecule has 1 N–H and O–H groups in total. The lowest BCUT2D eigenvalue weighted by atomic mass is 10.1. The van der Waals surface area contributed by atoms with E-state index in [1.54, 1.807) is 11.3 Å². The van der Waals surface area contributed by atoms with Crippen molar-refractivity contribution >= 4 is 21.6 Å². The van der Waals surface area contributed by atoms with Gasteiger partial charge in [-0.1, -0.05) is 0 Å². The van der Waals surface area contributed by atoms with Gasteiger partial charge in [0.25, 0.3) is 0 Å². The van der Waals surface area contributed by atoms with Crippen molar-refractivity contribution in [3.8, 4) is 0 Å². The number of benzene rings is 1. The topological polar surface area (TPSA) is 24.9 Å². The maximum atomic E-state index is 4.26. The summed E-state index contributed by atoms with van der Waals surface area (Å²) in [5.74, 6) is 0. The van der Waals surface area contributed by atoms with E-state index in [-0.39, 0.29) is 0 Å². The first kappa shape index (κ1) is 6.57. The zero-order valence-electron chi connectivity index (χ0n) is 6.42. The lowest BCUT2D eigenvalue weighted by Crippen LogP contribution is -1.99. The van der Waals surface area contributed by atoms with Crippen LogP contribution >= 0.6 is 11.3 Å². The standard InChI is InChI=1S/C9H7N2S/c1-2-8-9(12-5-11-8)7-4-10-3-6(1)7/h2,5,10H,3-4H2. The molecule has 0 bridgehead atoms. The molecule has 1 radical (unpaired) electrons. The quantitative estimate of drug-likeness (QED) is 0.659. The summed E-state index contributed by atoms with van der Waals surface area (Å²) in [4.78, 5) is 4.26. The Morgan fingerprint density at radius 2 is 2.50 bits per heavy atom. The Morgan fingerprint density at radius 1 is 1.50 bits per heavy atom. The highest BCUT2D eigenvalue weighted by Crippen LogP contribution is 2.27. The number of nitrogens with zero attached hydrogens (tertiary/aromatic N) is 1. The van der Waals surface area contributed by atoms with Gasteiger partial charge in [0, 0.05) is 13.1 Å². The van der Waals surface area contributed by atoms with Crippen molar-refractivity contribution in [2.75, 3.05) is 0 Å². The van der Waals surface area contributed by atoms with Crippen LogP contribution in [-0.4, -0.2) is 4.98 Å². The van der Waals surface area contributed by atoms with E-state index in [0.717, 1.165) is 18.6 Å². The van der Waals surface area contributed by atoms with Gasteiger partial charge in [-0.05, 0) is 23.3 Å². The summed E-state index contributed by atoms with van der Waals surface area (Å²) in [6, 6.07) is 5.24. The van der Waals surface area contributed by atoms with E-state index in [4.69, 9.17) is 0 Å². The third-order valence-electron chi connectivity index (χ3n) is 2.22. The van der Waals surface area contributed by atoms with E-state index in [9.17, 15) is 0 Å². The second-order valence-electron chi connectivity index (χ2n) is 2.92. The molecule has 1 aromatic carbocycles. The molecule has 12 heavy (non-hydrogen) atoms. The smallest absolute Gasteiger partial charge is 0.0821 e. The van der Waals surface area contributed by atoms with E-state index >= 15 is 0 Å². The van der Waals surface area contributed by atoms with Crippen molar-refractivity contribution in [1.29, 1.82) is 0 Å². The third-order valence-corrected chi connectivity index (χ3v) is 3.12. The van der Waals surface area contributed by atoms with Gasteiger partial charge in [-0.2, -0.15) is 0 Å². The Balaban J connectivity index is 2.46. The summed E-state index contributed by atoms with van der Waals surface area (Å²) >= 11 is 1.72. The normalized spacial score (nSPS) is 15.3. The van der Waals surface area contributed by atoms with E-state index in [2.05, 4.69) is 16.4 Å². The van der Waals surface area contributed by atoms with Gasteiger partial charge in [0.2, 0.25) is 0 Å². The predicted molar refractivity (Wildman–Crippen MR) is 49.0 cm³/mol. The highest BCUT2D eigenvalue weighted by atomic mass is 32.1. The van der Waals surface area contributed by atoms with Gasteiger partial charge in [-0.25, -0.2) is 4.98 Å². The summed E-state index contributed by atoms with van der Waals surface area (Å²) in [5, 5.41) is 3.32. The summed E-state index contributed by atoms with van der Waals surface area (Å²) < 4.78 is 1.33. The number of hydrogen-bond donors (Lipinski definition) is 1. The highest BCUT2D eigenvalue weighted by molar-refractivity contribution is 7.17. The van der Waals surface area contributed by atoms with Crippen molar-refractivity contribution in [3.63, 3.8) is 0 Å². The van der Waals surface area contributed by atoms with Crippen LogP contribution in [0, 0.1) is 6.07 Å². The Labute approximate surface area is 74.2 Å². The average Bonchev–Trinajstić information content (AvgIpc) is 2.71. The first-order chi connectivity index (χ1) is 5.95. The molecule has 0 saturated carbocycles. The highest BCUT2D eigenvalue weighted by Gasteiger charge is 2.14. The molecule has 2 heterocycles. The van der Waals surface area contributed by atoms with Gasteiger partial charge < -0.3 is 5.32 Å². The largest absolute Gasteiger partial charge is 0.309 e. The molecule has 2 aromatic rings. The van der Waals surface area contributed by atoms with Crippen LogP contribution in [0.3, 0.4) is 0 Å². The number of thiazole rings is 1. The van der Waals surface area contributed by atoms with Crippen molar-refractivity contribution < 1.29 is 0 Å². The van der Waals surface area contributed by atoms with Crippen LogP contribution in [0.25, 0.3) is 10.2 Å². The van der Waals surface area contributed by atoms with Crippen molar-refractivity contribution in [3.05, 3.63) is 28.8 Å². The molecule has 0 saturated heterocycles. The molecule has 1 aliphatic rings. The molecular weight excluding hydrogens is 168 g/mol. The molecule has 3 rings (SSSR count). The molecule has 0 amide bonds. The minimum Gasteiger partial charge on any atom is -0.309 e. The fourth-order valence-corrected chi connectivity index (χ4v) is 2.46. The number of hydrogen-bond acceptors (Lipinski definition) is 3. The van der Waals surface area contributed by atoms with Crippen LogP contribution in [0.15, 0.2) is 11.6 Å². The van der Waals surface area contributed by atoms with Crippen LogP contribution in [0.4, 0.5) is 0 Å². The minimum atomic E-state index is 0.961. The number of aromatic nitrogens is 1. The second-order valence-corrected chi connectivity index (χ2v) is 3.77. The monoisotopic (exact) mass is 175 g/mol. The number of fused-ring (bicyclic) bond motifs is 3. The third kappa shape index (κ3) is 0.750. The summed E-state index contributed by atoms with van der Waals surface area (Å²) in [6.45, 7) is 1.94. The molecule has 0 atom stereocenters. The summed E-state index contributed by atoms with van der Waals surface area (Å²) in [6.07, 6.45) is 0. The van der Waals surface area contributed by atoms with Crippen LogP contribution in [0.5, 0.6) is 0 Å². The fourth-order valence-electron chi connectivity index (χ4n) is 1.62. The number of rotatable bonds is 0. The van der Waals surface area contributed by atoms with Gasteiger partial charge in [-0.3, -0.25) is 0 Å². The van der Waals surface area contributed by atoms with E-state index < -0.39 is 0 Å². The SMILES string of the molecule is [c]1cc2ncsc2c2c1CNC2. The molecule has 3 heteroatoms. The first-order valence-electron chi connectivity index (χ1n) is 3.91. The maximum absolute atomic E-state index is 4.26. The molecule has 0 spiro atoms. The van der Waals surface area contributed by atoms with Gasteiger partial charge >= 0.3 is 0 Å². The minimum absolute atomic E-state index is 0.961. The van der Waals surface area contributed by atoms with Crippen LogP contribution in [0.1, 0.15) is 11.1 Å². The fraction of sp³-hybridized carbons (Fsp3) is 0.222. The zero-order chi connectivity index (χ0) is 7.97. The summed E-state index contributed by atoms with van der Waals surface area (Å²) in [7, 11) is 0. The van der Waals surface area contributed by atoms with E-state index in [1.165, 1.54) is 15.8 Å². The molecular formula is C9H7N2S. The van der Waals surface area contributed by atoms with Crippen LogP contribution in [-0.2, 0) is 13.1 Å². The lowest BCUT2D eigenvalue weighted by molar-refractivity contribution is 0.766. The maximum Gasteiger partial charge on any atom is 0.0821 e. The summed E-state index contributed by atoms with van der Waals surface area (Å²) in [5.41, 5.74) is 5.70. The Hall–Kier alpha value is -0.930. The van der Waals surface area contributed by atoms with Crippen LogP contribution < -0.4 is 5.32 Å². The van der Waals surface area contributed by atoms with E-state index in [0.29, 0.717) is 0 Å². The van der Waals surface area contributed by atoms with Crippen LogP contribution in [0.2, 0.25) is 0 Å². The number of nitrogens with one attached hydrogen (secondary N) is 1. The zero-order valence-corrected chi connectivity index (χ0v) is 7.24. The molecule has 0 aliphatic carbocycles. The molecule has 0 fully saturated rings. The second kappa shape index (κ2) is 2.28. The van der Waals surface area contributed by atoms with Crippen molar-refractivity contribution in [2.24, 2.45) is 0 Å². The predicted octanol–water partition coefficient (Wildman–Crippen LogP) is 1.70. The first-order valence-corrected chi connectivity index (χ1v) is 4.79. The van der Waals surface area contributed by atoms with Gasteiger partial charge in [0.05, 0.1) is 15.7 Å². The molecule has 1 aliphatic heterocycles. The molecule has 59 valence electrons. The Bertz CT molecular complexity index is 433. The van der Waals surface area contributed by atoms with Gasteiger partial charge in [0.15, 0.2) is 0 Å². The molecule has 1 aromatic heterocycles. The Morgan fingerprint density at radius 3 is 3.50 bits per heavy atom. The van der Waals surface area contributed by atoms with Crippen molar-refractivity contribution in [1.82, 2.24) is 10.3 Å². The molecule has 2 nitrogen and oxygen atoms in total. The Kier molecular flexibility index (Phi) is 1.25. The molecule has 0 unspecified atom stereocenters. The van der Waals surface area contributed by atoms with Crippen molar-refractivity contribution in [2.45, 2.75) is 13.1 Å². The van der Waals surface area contributed by atoms with E-state index in [1.807, 2.05) is 11.6 Å².